The van der Waals surface area contributed by atoms with E-state index in [0.717, 1.165) is 26.3 Å². The molecule has 2 fully saturated rings. The molecular formula is C12H24N2O. The second-order valence-corrected chi connectivity index (χ2v) is 5.08. The van der Waals surface area contributed by atoms with Crippen LogP contribution >= 0.6 is 0 Å². The van der Waals surface area contributed by atoms with E-state index in [-0.39, 0.29) is 0 Å². The highest BCUT2D eigenvalue weighted by Gasteiger charge is 2.37. The molecule has 2 rings (SSSR count). The smallest absolute Gasteiger partial charge is 0.0545 e. The van der Waals surface area contributed by atoms with Gasteiger partial charge >= 0.3 is 0 Å². The third-order valence-electron chi connectivity index (χ3n) is 3.76. The lowest BCUT2D eigenvalue weighted by Crippen LogP contribution is -2.48. The summed E-state index contributed by atoms with van der Waals surface area (Å²) in [6.45, 7) is 10.3. The second kappa shape index (κ2) is 5.28. The van der Waals surface area contributed by atoms with Crippen LogP contribution < -0.4 is 5.32 Å². The maximum atomic E-state index is 5.40. The molecule has 2 heterocycles. The van der Waals surface area contributed by atoms with Crippen molar-refractivity contribution in [1.82, 2.24) is 10.2 Å². The van der Waals surface area contributed by atoms with Crippen LogP contribution in [0.25, 0.3) is 0 Å². The number of piperazine rings is 1. The molecule has 2 aliphatic heterocycles. The summed E-state index contributed by atoms with van der Waals surface area (Å²) in [5.74, 6) is 0. The molecule has 15 heavy (non-hydrogen) atoms. The van der Waals surface area contributed by atoms with Crippen LogP contribution in [0.1, 0.15) is 26.2 Å². The SMILES string of the molecule is CCCC1(CCN2CCNCC2)COC1. The molecule has 0 aromatic rings. The standard InChI is InChI=1S/C12H24N2O/c1-2-3-12(10-15-11-12)4-7-14-8-5-13-6-9-14/h13H,2-11H2,1H3. The summed E-state index contributed by atoms with van der Waals surface area (Å²) in [5, 5.41) is 3.40. The van der Waals surface area contributed by atoms with Gasteiger partial charge in [-0.3, -0.25) is 0 Å². The van der Waals surface area contributed by atoms with Crippen molar-refractivity contribution in [3.05, 3.63) is 0 Å². The Morgan fingerprint density at radius 2 is 1.93 bits per heavy atom. The fraction of sp³-hybridized carbons (Fsp3) is 1.00. The molecule has 0 aromatic heterocycles. The van der Waals surface area contributed by atoms with Gasteiger partial charge in [-0.2, -0.15) is 0 Å². The highest BCUT2D eigenvalue weighted by Crippen LogP contribution is 2.36. The van der Waals surface area contributed by atoms with Crippen molar-refractivity contribution < 1.29 is 4.74 Å². The van der Waals surface area contributed by atoms with Gasteiger partial charge in [-0.25, -0.2) is 0 Å². The first-order valence-corrected chi connectivity index (χ1v) is 6.35. The Balaban J connectivity index is 1.70. The summed E-state index contributed by atoms with van der Waals surface area (Å²) in [4.78, 5) is 2.59. The van der Waals surface area contributed by atoms with Gasteiger partial charge in [0, 0.05) is 31.6 Å². The predicted octanol–water partition coefficient (Wildman–Crippen LogP) is 1.10. The van der Waals surface area contributed by atoms with Gasteiger partial charge in [-0.05, 0) is 19.4 Å². The average Bonchev–Trinajstić information content (AvgIpc) is 2.23. The van der Waals surface area contributed by atoms with E-state index in [1.807, 2.05) is 0 Å². The summed E-state index contributed by atoms with van der Waals surface area (Å²) in [7, 11) is 0. The zero-order chi connectivity index (χ0) is 10.6. The third kappa shape index (κ3) is 2.92. The maximum Gasteiger partial charge on any atom is 0.0545 e. The van der Waals surface area contributed by atoms with Crippen LogP contribution in [0.3, 0.4) is 0 Å². The first-order chi connectivity index (χ1) is 7.35. The normalized spacial score (nSPS) is 26.2. The Morgan fingerprint density at radius 1 is 1.20 bits per heavy atom. The van der Waals surface area contributed by atoms with Gasteiger partial charge in [0.25, 0.3) is 0 Å². The van der Waals surface area contributed by atoms with Gasteiger partial charge in [-0.15, -0.1) is 0 Å². The van der Waals surface area contributed by atoms with E-state index in [1.54, 1.807) is 0 Å². The quantitative estimate of drug-likeness (QED) is 0.738. The fourth-order valence-electron chi connectivity index (χ4n) is 2.66. The lowest BCUT2D eigenvalue weighted by molar-refractivity contribution is -0.125. The topological polar surface area (TPSA) is 24.5 Å². The van der Waals surface area contributed by atoms with Crippen molar-refractivity contribution in [3.8, 4) is 0 Å². The van der Waals surface area contributed by atoms with Gasteiger partial charge < -0.3 is 15.0 Å². The molecule has 0 bridgehead atoms. The highest BCUT2D eigenvalue weighted by atomic mass is 16.5. The average molecular weight is 212 g/mol. The molecule has 3 nitrogen and oxygen atoms in total. The van der Waals surface area contributed by atoms with E-state index in [0.29, 0.717) is 5.41 Å². The molecular weight excluding hydrogens is 188 g/mol. The Hall–Kier alpha value is -0.120. The summed E-state index contributed by atoms with van der Waals surface area (Å²) >= 11 is 0. The van der Waals surface area contributed by atoms with Crippen molar-refractivity contribution in [2.75, 3.05) is 45.9 Å². The van der Waals surface area contributed by atoms with Crippen LogP contribution in [-0.2, 0) is 4.74 Å². The van der Waals surface area contributed by atoms with Gasteiger partial charge in [0.2, 0.25) is 0 Å². The van der Waals surface area contributed by atoms with E-state index in [1.165, 1.54) is 38.9 Å². The Labute approximate surface area is 93.2 Å². The molecule has 3 heteroatoms. The van der Waals surface area contributed by atoms with Crippen molar-refractivity contribution in [2.24, 2.45) is 5.41 Å². The number of nitrogens with zero attached hydrogens (tertiary/aromatic N) is 1. The zero-order valence-electron chi connectivity index (χ0n) is 9.93. The van der Waals surface area contributed by atoms with E-state index in [2.05, 4.69) is 17.1 Å². The Morgan fingerprint density at radius 3 is 2.47 bits per heavy atom. The summed E-state index contributed by atoms with van der Waals surface area (Å²) < 4.78 is 5.40. The molecule has 88 valence electrons. The molecule has 2 saturated heterocycles. The van der Waals surface area contributed by atoms with E-state index in [9.17, 15) is 0 Å². The fourth-order valence-corrected chi connectivity index (χ4v) is 2.66. The predicted molar refractivity (Wildman–Crippen MR) is 62.1 cm³/mol. The number of hydrogen-bond acceptors (Lipinski definition) is 3. The Bertz CT molecular complexity index is 186. The van der Waals surface area contributed by atoms with Gasteiger partial charge in [-0.1, -0.05) is 13.3 Å². The van der Waals surface area contributed by atoms with Crippen LogP contribution in [0.4, 0.5) is 0 Å². The molecule has 0 radical (unpaired) electrons. The van der Waals surface area contributed by atoms with Gasteiger partial charge in [0.15, 0.2) is 0 Å². The summed E-state index contributed by atoms with van der Waals surface area (Å²) in [6.07, 6.45) is 3.98. The molecule has 0 aliphatic carbocycles. The van der Waals surface area contributed by atoms with Crippen LogP contribution in [0.2, 0.25) is 0 Å². The molecule has 1 N–H and O–H groups in total. The van der Waals surface area contributed by atoms with Crippen LogP contribution in [0.5, 0.6) is 0 Å². The molecule has 0 unspecified atom stereocenters. The minimum Gasteiger partial charge on any atom is -0.380 e. The van der Waals surface area contributed by atoms with Crippen molar-refractivity contribution in [1.29, 1.82) is 0 Å². The van der Waals surface area contributed by atoms with Gasteiger partial charge in [0.05, 0.1) is 13.2 Å². The lowest BCUT2D eigenvalue weighted by atomic mass is 9.78. The number of nitrogens with one attached hydrogen (secondary N) is 1. The lowest BCUT2D eigenvalue weighted by Gasteiger charge is -2.43. The van der Waals surface area contributed by atoms with Crippen molar-refractivity contribution in [3.63, 3.8) is 0 Å². The number of rotatable bonds is 5. The summed E-state index contributed by atoms with van der Waals surface area (Å²) in [5.41, 5.74) is 0.541. The molecule has 0 amide bonds. The number of hydrogen-bond donors (Lipinski definition) is 1. The largest absolute Gasteiger partial charge is 0.380 e. The van der Waals surface area contributed by atoms with Gasteiger partial charge in [0.1, 0.15) is 0 Å². The third-order valence-corrected chi connectivity index (χ3v) is 3.76. The van der Waals surface area contributed by atoms with E-state index >= 15 is 0 Å². The maximum absolute atomic E-state index is 5.40. The Kier molecular flexibility index (Phi) is 4.00. The van der Waals surface area contributed by atoms with Crippen LogP contribution in [-0.4, -0.2) is 50.8 Å². The van der Waals surface area contributed by atoms with Crippen molar-refractivity contribution in [2.45, 2.75) is 26.2 Å². The monoisotopic (exact) mass is 212 g/mol. The second-order valence-electron chi connectivity index (χ2n) is 5.08. The zero-order valence-corrected chi connectivity index (χ0v) is 9.93. The van der Waals surface area contributed by atoms with E-state index in [4.69, 9.17) is 4.74 Å². The summed E-state index contributed by atoms with van der Waals surface area (Å²) in [6, 6.07) is 0. The first-order valence-electron chi connectivity index (χ1n) is 6.35. The molecule has 0 saturated carbocycles. The highest BCUT2D eigenvalue weighted by molar-refractivity contribution is 4.86. The molecule has 0 atom stereocenters. The molecule has 2 aliphatic rings. The van der Waals surface area contributed by atoms with Crippen LogP contribution in [0.15, 0.2) is 0 Å². The minimum atomic E-state index is 0.541. The first kappa shape index (κ1) is 11.4. The van der Waals surface area contributed by atoms with E-state index < -0.39 is 0 Å². The molecule has 0 aromatic carbocycles. The molecule has 0 spiro atoms. The van der Waals surface area contributed by atoms with Crippen LogP contribution in [0, 0.1) is 5.41 Å². The number of ether oxygens (including phenoxy) is 1. The van der Waals surface area contributed by atoms with Crippen molar-refractivity contribution >= 4 is 0 Å². The minimum absolute atomic E-state index is 0.541.